The maximum Gasteiger partial charge on any atom is 0.362 e. The Morgan fingerprint density at radius 3 is 2.50 bits per heavy atom. The van der Waals surface area contributed by atoms with E-state index in [-0.39, 0.29) is 17.5 Å². The van der Waals surface area contributed by atoms with Gasteiger partial charge in [-0.1, -0.05) is 27.4 Å². The molecule has 2 rings (SSSR count). The second kappa shape index (κ2) is 4.87. The van der Waals surface area contributed by atoms with E-state index in [2.05, 4.69) is 27.4 Å². The number of ether oxygens (including phenoxy) is 1. The molecule has 0 heterocycles. The summed E-state index contributed by atoms with van der Waals surface area (Å²) in [5.74, 6) is 0.646. The van der Waals surface area contributed by atoms with E-state index < -0.39 is 0 Å². The minimum absolute atomic E-state index is 0.0635. The lowest BCUT2D eigenvalue weighted by atomic mass is 9.70. The molecule has 0 aromatic carbocycles. The van der Waals surface area contributed by atoms with Gasteiger partial charge in [-0.2, -0.15) is 0 Å². The molecule has 2 aliphatic rings. The minimum Gasteiger partial charge on any atom is -0.458 e. The van der Waals surface area contributed by atoms with Crippen LogP contribution in [0.25, 0.3) is 0 Å². The van der Waals surface area contributed by atoms with Gasteiger partial charge in [0.25, 0.3) is 0 Å². The molecule has 2 saturated carbocycles. The summed E-state index contributed by atoms with van der Waals surface area (Å²) in [7, 11) is 4.07. The second-order valence-electron chi connectivity index (χ2n) is 8.15. The molecule has 0 radical (unpaired) electrons. The molecule has 0 aromatic rings. The zero-order valence-electron chi connectivity index (χ0n) is 13.7. The molecule has 0 unspecified atom stereocenters. The fourth-order valence-electron chi connectivity index (χ4n) is 4.27. The molecule has 3 heteroatoms. The van der Waals surface area contributed by atoms with E-state index in [0.717, 1.165) is 13.0 Å². The molecular weight excluding hydrogens is 250 g/mol. The molecule has 3 nitrogen and oxygen atoms in total. The highest BCUT2D eigenvalue weighted by atomic mass is 16.5. The summed E-state index contributed by atoms with van der Waals surface area (Å²) < 4.78 is 6.49. The highest BCUT2D eigenvalue weighted by molar-refractivity contribution is 5.71. The third-order valence-corrected chi connectivity index (χ3v) is 6.17. The number of carbonyl (C=O) groups is 1. The van der Waals surface area contributed by atoms with Crippen LogP contribution in [0.2, 0.25) is 0 Å². The highest BCUT2D eigenvalue weighted by Gasteiger charge is 2.62. The van der Waals surface area contributed by atoms with Crippen molar-refractivity contribution in [3.63, 3.8) is 0 Å². The second-order valence-corrected chi connectivity index (χ2v) is 8.15. The topological polar surface area (TPSA) is 26.3 Å². The molecule has 0 N–H and O–H groups in total. The molecule has 0 amide bonds. The number of hydrogen-bond acceptors (Lipinski definition) is 2. The first-order valence-electron chi connectivity index (χ1n) is 7.75. The van der Waals surface area contributed by atoms with Crippen LogP contribution in [0, 0.1) is 16.7 Å². The Balaban J connectivity index is 1.99. The van der Waals surface area contributed by atoms with Gasteiger partial charge in [0.15, 0.2) is 6.54 Å². The van der Waals surface area contributed by atoms with Crippen LogP contribution in [0.4, 0.5) is 0 Å². The third-order valence-electron chi connectivity index (χ3n) is 6.17. The Labute approximate surface area is 123 Å². The fraction of sp³-hybridized carbons (Fsp3) is 0.824. The van der Waals surface area contributed by atoms with E-state index in [1.165, 1.54) is 12.8 Å². The summed E-state index contributed by atoms with van der Waals surface area (Å²) in [4.78, 5) is 12.2. The first-order valence-corrected chi connectivity index (χ1v) is 7.75. The van der Waals surface area contributed by atoms with Crippen molar-refractivity contribution in [3.8, 4) is 0 Å². The molecule has 0 aliphatic heterocycles. The Hall–Kier alpha value is -0.830. The SMILES string of the molecule is C=CC[N+](C)(C)CC(=O)O[C@@H]1C[C@H]2CC[C@]1(C)C2(C)C. The molecule has 114 valence electrons. The Morgan fingerprint density at radius 2 is 2.05 bits per heavy atom. The van der Waals surface area contributed by atoms with Gasteiger partial charge in [0.05, 0.1) is 20.6 Å². The van der Waals surface area contributed by atoms with Crippen LogP contribution in [0.3, 0.4) is 0 Å². The maximum atomic E-state index is 12.2. The number of nitrogens with zero attached hydrogens (tertiary/aromatic N) is 1. The number of rotatable bonds is 5. The lowest BCUT2D eigenvalue weighted by Gasteiger charge is -2.38. The van der Waals surface area contributed by atoms with Gasteiger partial charge in [-0.3, -0.25) is 0 Å². The van der Waals surface area contributed by atoms with Crippen LogP contribution < -0.4 is 0 Å². The summed E-state index contributed by atoms with van der Waals surface area (Å²) in [6.45, 7) is 11.9. The molecular formula is C17H30NO2+. The fourth-order valence-corrected chi connectivity index (χ4v) is 4.27. The van der Waals surface area contributed by atoms with Gasteiger partial charge in [0.1, 0.15) is 6.10 Å². The van der Waals surface area contributed by atoms with Gasteiger partial charge in [0.2, 0.25) is 0 Å². The van der Waals surface area contributed by atoms with Gasteiger partial charge in [0, 0.05) is 5.41 Å². The number of fused-ring (bicyclic) bond motifs is 2. The Morgan fingerprint density at radius 1 is 1.40 bits per heavy atom. The quantitative estimate of drug-likeness (QED) is 0.439. The van der Waals surface area contributed by atoms with E-state index in [0.29, 0.717) is 22.4 Å². The van der Waals surface area contributed by atoms with Crippen molar-refractivity contribution < 1.29 is 14.0 Å². The molecule has 0 spiro atoms. The standard InChI is InChI=1S/C17H30NO2/c1-7-10-18(5,6)12-15(19)20-14-11-13-8-9-17(14,4)16(13,2)3/h7,13-14H,1,8-12H2,2-6H3/q+1/t13-,14-,17+/m1/s1. The summed E-state index contributed by atoms with van der Waals surface area (Å²) in [5.41, 5.74) is 0.451. The van der Waals surface area contributed by atoms with Crippen LogP contribution in [0.1, 0.15) is 40.0 Å². The first kappa shape index (κ1) is 15.6. The van der Waals surface area contributed by atoms with Gasteiger partial charge in [-0.25, -0.2) is 4.79 Å². The Bertz CT molecular complexity index is 413. The molecule has 2 fully saturated rings. The van der Waals surface area contributed by atoms with Crippen molar-refractivity contribution in [2.45, 2.75) is 46.1 Å². The van der Waals surface area contributed by atoms with Crippen LogP contribution in [-0.2, 0) is 9.53 Å². The van der Waals surface area contributed by atoms with Crippen molar-refractivity contribution >= 4 is 5.97 Å². The van der Waals surface area contributed by atoms with E-state index in [1.54, 1.807) is 0 Å². The number of carbonyl (C=O) groups excluding carboxylic acids is 1. The lowest BCUT2D eigenvalue weighted by molar-refractivity contribution is -0.877. The average molecular weight is 280 g/mol. The minimum atomic E-state index is -0.0635. The predicted octanol–water partition coefficient (Wildman–Crippen LogP) is 3.01. The monoisotopic (exact) mass is 280 g/mol. The van der Waals surface area contributed by atoms with E-state index >= 15 is 0 Å². The average Bonchev–Trinajstić information content (AvgIpc) is 2.60. The third kappa shape index (κ3) is 2.41. The Kier molecular flexibility index (Phi) is 3.79. The van der Waals surface area contributed by atoms with Crippen LogP contribution in [-0.4, -0.2) is 43.7 Å². The zero-order chi connectivity index (χ0) is 15.2. The number of esters is 1. The smallest absolute Gasteiger partial charge is 0.362 e. The van der Waals surface area contributed by atoms with Crippen molar-refractivity contribution in [2.75, 3.05) is 27.2 Å². The van der Waals surface area contributed by atoms with Crippen LogP contribution in [0.15, 0.2) is 12.7 Å². The van der Waals surface area contributed by atoms with Crippen LogP contribution in [0.5, 0.6) is 0 Å². The molecule has 2 bridgehead atoms. The number of hydrogen-bond donors (Lipinski definition) is 0. The van der Waals surface area contributed by atoms with Crippen molar-refractivity contribution in [1.29, 1.82) is 0 Å². The van der Waals surface area contributed by atoms with Gasteiger partial charge in [-0.05, 0) is 36.7 Å². The normalized spacial score (nSPS) is 35.0. The number of likely N-dealkylation sites (N-methyl/N-ethyl adjacent to an activating group) is 1. The van der Waals surface area contributed by atoms with Crippen molar-refractivity contribution in [2.24, 2.45) is 16.7 Å². The summed E-state index contributed by atoms with van der Waals surface area (Å²) in [6, 6.07) is 0. The summed E-state index contributed by atoms with van der Waals surface area (Å²) in [6.07, 6.45) is 5.48. The zero-order valence-corrected chi connectivity index (χ0v) is 13.7. The first-order chi connectivity index (χ1) is 9.12. The van der Waals surface area contributed by atoms with E-state index in [1.807, 2.05) is 20.2 Å². The van der Waals surface area contributed by atoms with E-state index in [9.17, 15) is 4.79 Å². The largest absolute Gasteiger partial charge is 0.458 e. The molecule has 2 aliphatic carbocycles. The molecule has 3 atom stereocenters. The molecule has 0 saturated heterocycles. The van der Waals surface area contributed by atoms with Crippen molar-refractivity contribution in [1.82, 2.24) is 0 Å². The van der Waals surface area contributed by atoms with E-state index in [4.69, 9.17) is 4.74 Å². The summed E-state index contributed by atoms with van der Waals surface area (Å²) in [5, 5.41) is 0. The van der Waals surface area contributed by atoms with Crippen LogP contribution >= 0.6 is 0 Å². The highest BCUT2D eigenvalue weighted by Crippen LogP contribution is 2.66. The van der Waals surface area contributed by atoms with Gasteiger partial charge >= 0.3 is 5.97 Å². The van der Waals surface area contributed by atoms with Gasteiger partial charge < -0.3 is 9.22 Å². The van der Waals surface area contributed by atoms with Gasteiger partial charge in [-0.15, -0.1) is 0 Å². The van der Waals surface area contributed by atoms with Crippen molar-refractivity contribution in [3.05, 3.63) is 12.7 Å². The molecule has 20 heavy (non-hydrogen) atoms. The summed E-state index contributed by atoms with van der Waals surface area (Å²) >= 11 is 0. The maximum absolute atomic E-state index is 12.2. The predicted molar refractivity (Wildman–Crippen MR) is 81.1 cm³/mol. The molecule has 0 aromatic heterocycles. The number of quaternary nitrogens is 1. The lowest BCUT2D eigenvalue weighted by Crippen LogP contribution is -2.46.